The average Bonchev–Trinajstić information content (AvgIpc) is 0.886. The van der Waals surface area contributed by atoms with Crippen molar-refractivity contribution in [1.82, 2.24) is 0 Å². The number of rotatable bonds is 89. The van der Waals surface area contributed by atoms with Gasteiger partial charge in [0.25, 0.3) is 0 Å². The third-order valence-electron chi connectivity index (χ3n) is 20.0. The molecule has 0 rings (SSSR count). The van der Waals surface area contributed by atoms with Crippen LogP contribution in [0.4, 0.5) is 0 Å². The second kappa shape index (κ2) is 90.7. The number of aliphatic hydroxyl groups excluding tert-OH is 2. The lowest BCUT2D eigenvalue weighted by Crippen LogP contribution is -2.30. The van der Waals surface area contributed by atoms with E-state index in [1.165, 1.54) is 205 Å². The zero-order valence-electron chi connectivity index (χ0n) is 74.3. The lowest BCUT2D eigenvalue weighted by molar-refractivity contribution is -0.161. The number of aliphatic hydroxyl groups is 2. The van der Waals surface area contributed by atoms with Crippen LogP contribution < -0.4 is 0 Å². The molecular weight excluding hydrogens is 1510 g/mol. The maximum Gasteiger partial charge on any atom is 0.472 e. The van der Waals surface area contributed by atoms with Gasteiger partial charge in [0.1, 0.15) is 25.4 Å². The summed E-state index contributed by atoms with van der Waals surface area (Å²) in [6.07, 6.45) is 115. The van der Waals surface area contributed by atoms with Gasteiger partial charge in [-0.05, 0) is 141 Å². The van der Waals surface area contributed by atoms with Gasteiger partial charge in [-0.1, -0.05) is 391 Å². The minimum absolute atomic E-state index is 0.0843. The van der Waals surface area contributed by atoms with Crippen molar-refractivity contribution in [2.24, 2.45) is 0 Å². The van der Waals surface area contributed by atoms with Crippen molar-refractivity contribution < 1.29 is 75.8 Å². The van der Waals surface area contributed by atoms with Crippen LogP contribution in [0.25, 0.3) is 0 Å². The fourth-order valence-corrected chi connectivity index (χ4v) is 14.5. The Labute approximate surface area is 715 Å². The number of esters is 3. The molecule has 0 aliphatic carbocycles. The maximum absolute atomic E-state index is 13.0. The topological polar surface area (TPSA) is 231 Å². The Hall–Kier alpha value is -4.57. The molecule has 0 aliphatic rings. The van der Waals surface area contributed by atoms with Gasteiger partial charge < -0.3 is 34.2 Å². The molecular formula is C99H172O16P2. The van der Waals surface area contributed by atoms with E-state index < -0.39 is 91.5 Å². The van der Waals surface area contributed by atoms with Gasteiger partial charge >= 0.3 is 33.6 Å². The summed E-state index contributed by atoms with van der Waals surface area (Å²) in [4.78, 5) is 58.9. The smallest absolute Gasteiger partial charge is 0.463 e. The highest BCUT2D eigenvalue weighted by molar-refractivity contribution is 7.47. The molecule has 0 radical (unpaired) electrons. The Kier molecular flexibility index (Phi) is 87.1. The Balaban J connectivity index is 4.41. The van der Waals surface area contributed by atoms with Crippen molar-refractivity contribution in [1.29, 1.82) is 0 Å². The molecule has 5 atom stereocenters. The molecule has 0 aromatic carbocycles. The summed E-state index contributed by atoms with van der Waals surface area (Å²) in [6, 6.07) is 0. The number of ether oxygens (including phenoxy) is 3. The molecule has 117 heavy (non-hydrogen) atoms. The Morgan fingerprint density at radius 3 is 0.718 bits per heavy atom. The van der Waals surface area contributed by atoms with Crippen LogP contribution in [0.3, 0.4) is 0 Å². The fraction of sp³-hybridized carbons (Fsp3) is 0.727. The van der Waals surface area contributed by atoms with E-state index in [-0.39, 0.29) is 19.3 Å². The number of hydrogen-bond acceptors (Lipinski definition) is 14. The predicted molar refractivity (Wildman–Crippen MR) is 491 cm³/mol. The van der Waals surface area contributed by atoms with Crippen molar-refractivity contribution in [2.45, 2.75) is 424 Å². The maximum atomic E-state index is 13.0. The zero-order valence-corrected chi connectivity index (χ0v) is 76.1. The highest BCUT2D eigenvalue weighted by Gasteiger charge is 2.30. The molecule has 0 aliphatic heterocycles. The third-order valence-corrected chi connectivity index (χ3v) is 21.9. The number of phosphoric acid groups is 2. The third kappa shape index (κ3) is 92.0. The van der Waals surface area contributed by atoms with E-state index in [1.54, 1.807) is 0 Å². The molecule has 0 aromatic rings. The summed E-state index contributed by atoms with van der Waals surface area (Å²) in [7, 11) is -9.81. The first-order valence-electron chi connectivity index (χ1n) is 47.1. The monoisotopic (exact) mass is 1680 g/mol. The van der Waals surface area contributed by atoms with Gasteiger partial charge in [0.05, 0.1) is 26.4 Å². The Morgan fingerprint density at radius 2 is 0.453 bits per heavy atom. The molecule has 0 heterocycles. The standard InChI is InChI=1S/C99H172O16P2/c1-4-7-10-13-16-19-22-25-28-30-32-34-36-38-40-42-44-45-46-47-49-51-52-54-56-58-60-62-65-67-70-73-76-79-82-85-97(102)109-88-94(100)89-111-116(105,106)112-90-95(101)91-113-117(107,108)114-93-96(115-99(104)87-84-81-78-75-72-69-64-27-24-21-18-15-12-9-6-3)92-110-98(103)86-83-80-77-74-71-68-66-63-61-59-57-55-53-50-48-43-41-39-37-35-33-31-29-26-23-20-17-14-11-8-5-2/h7,9-10,12,16-21,25-29,32-35,38-41,64,94-96,100-101H,4-6,8,11,13-15,22-24,30-31,36-37,42-63,65-93H2,1-3H3,(H,105,106)(H,107,108)/b10-7-,12-9-,19-16-,20-17-,21-18-,28-25-,29-26-,34-32-,35-33-,40-38-,41-39-,64-27-. The SMILES string of the molecule is CC/C=C\C/C=C\C/C=C\C/C=C\C/C=C\CCCCCCCCCCCCCCCCCCCCCC(=O)OCC(O)COP(=O)(O)OCC(O)COP(=O)(O)OCC(COC(=O)CCCCCCCCCCCCCCCCC/C=C\C/C=C\C/C=C\C/C=C\CCCCC)OC(=O)CCCCCCC/C=C\C/C=C\C/C=C\CC. The van der Waals surface area contributed by atoms with Gasteiger partial charge in [0.2, 0.25) is 0 Å². The molecule has 16 nitrogen and oxygen atoms in total. The van der Waals surface area contributed by atoms with Crippen molar-refractivity contribution in [3.05, 3.63) is 146 Å². The van der Waals surface area contributed by atoms with Gasteiger partial charge in [0, 0.05) is 19.3 Å². The molecule has 0 aromatic heterocycles. The second-order valence-corrected chi connectivity index (χ2v) is 34.3. The van der Waals surface area contributed by atoms with Crippen LogP contribution >= 0.6 is 15.6 Å². The van der Waals surface area contributed by atoms with E-state index >= 15 is 0 Å². The Morgan fingerprint density at radius 1 is 0.248 bits per heavy atom. The number of phosphoric ester groups is 2. The van der Waals surface area contributed by atoms with E-state index in [4.69, 9.17) is 32.3 Å². The van der Waals surface area contributed by atoms with Gasteiger partial charge in [-0.2, -0.15) is 0 Å². The molecule has 0 bridgehead atoms. The van der Waals surface area contributed by atoms with E-state index in [0.717, 1.165) is 141 Å². The minimum Gasteiger partial charge on any atom is -0.463 e. The molecule has 0 spiro atoms. The van der Waals surface area contributed by atoms with Crippen molar-refractivity contribution in [2.75, 3.05) is 39.6 Å². The first-order valence-corrected chi connectivity index (χ1v) is 50.1. The molecule has 0 fully saturated rings. The number of unbranched alkanes of at least 4 members (excludes halogenated alkanes) is 42. The fourth-order valence-electron chi connectivity index (χ4n) is 13.0. The first-order chi connectivity index (χ1) is 57.2. The lowest BCUT2D eigenvalue weighted by atomic mass is 10.0. The minimum atomic E-state index is -4.94. The van der Waals surface area contributed by atoms with Crippen LogP contribution in [0.5, 0.6) is 0 Å². The summed E-state index contributed by atoms with van der Waals surface area (Å²) >= 11 is 0. The van der Waals surface area contributed by atoms with Gasteiger partial charge in [0.15, 0.2) is 6.10 Å². The summed E-state index contributed by atoms with van der Waals surface area (Å²) < 4.78 is 61.4. The van der Waals surface area contributed by atoms with Crippen molar-refractivity contribution >= 4 is 33.6 Å². The molecule has 0 amide bonds. The van der Waals surface area contributed by atoms with E-state index in [2.05, 4.69) is 167 Å². The molecule has 0 saturated carbocycles. The van der Waals surface area contributed by atoms with Crippen LogP contribution in [0.15, 0.2) is 146 Å². The highest BCUT2D eigenvalue weighted by Crippen LogP contribution is 2.45. The first kappa shape index (κ1) is 112. The number of allylic oxidation sites excluding steroid dienone is 24. The lowest BCUT2D eigenvalue weighted by Gasteiger charge is -2.21. The number of carbonyl (C=O) groups is 3. The van der Waals surface area contributed by atoms with E-state index in [0.29, 0.717) is 19.3 Å². The molecule has 0 saturated heterocycles. The molecule has 674 valence electrons. The molecule has 4 N–H and O–H groups in total. The van der Waals surface area contributed by atoms with E-state index in [9.17, 15) is 43.5 Å². The van der Waals surface area contributed by atoms with Crippen LogP contribution in [0.1, 0.15) is 406 Å². The van der Waals surface area contributed by atoms with Gasteiger partial charge in [-0.15, -0.1) is 0 Å². The molecule has 5 unspecified atom stereocenters. The molecule has 18 heteroatoms. The van der Waals surface area contributed by atoms with Crippen molar-refractivity contribution in [3.8, 4) is 0 Å². The summed E-state index contributed by atoms with van der Waals surface area (Å²) in [5.41, 5.74) is 0. The average molecular weight is 1680 g/mol. The normalized spacial score (nSPS) is 14.4. The quantitative estimate of drug-likeness (QED) is 0.0146. The van der Waals surface area contributed by atoms with Gasteiger partial charge in [-0.3, -0.25) is 32.5 Å². The largest absolute Gasteiger partial charge is 0.472 e. The van der Waals surface area contributed by atoms with Gasteiger partial charge in [-0.25, -0.2) is 9.13 Å². The summed E-state index contributed by atoms with van der Waals surface area (Å²) in [5, 5.41) is 20.7. The van der Waals surface area contributed by atoms with Crippen LogP contribution in [0.2, 0.25) is 0 Å². The van der Waals surface area contributed by atoms with E-state index in [1.807, 2.05) is 0 Å². The highest BCUT2D eigenvalue weighted by atomic mass is 31.2. The Bertz CT molecular complexity index is 2710. The summed E-state index contributed by atoms with van der Waals surface area (Å²) in [6.45, 7) is 2.46. The van der Waals surface area contributed by atoms with Crippen LogP contribution in [0, 0.1) is 0 Å². The zero-order chi connectivity index (χ0) is 85.1. The second-order valence-electron chi connectivity index (χ2n) is 31.4. The van der Waals surface area contributed by atoms with Crippen molar-refractivity contribution in [3.63, 3.8) is 0 Å². The van der Waals surface area contributed by atoms with Crippen LogP contribution in [-0.2, 0) is 55.8 Å². The predicted octanol–water partition coefficient (Wildman–Crippen LogP) is 29.1. The summed E-state index contributed by atoms with van der Waals surface area (Å²) in [5.74, 6) is -1.58. The number of carbonyl (C=O) groups excluding carboxylic acids is 3. The number of hydrogen-bond donors (Lipinski definition) is 4. The van der Waals surface area contributed by atoms with Crippen LogP contribution in [-0.4, -0.2) is 95.9 Å².